The van der Waals surface area contributed by atoms with E-state index in [9.17, 15) is 4.79 Å². The number of ether oxygens (including phenoxy) is 1. The molecule has 0 bridgehead atoms. The van der Waals surface area contributed by atoms with Crippen LogP contribution in [-0.2, 0) is 9.53 Å². The zero-order valence-corrected chi connectivity index (χ0v) is 10.9. The Morgan fingerprint density at radius 2 is 2.24 bits per heavy atom. The molecule has 98 valence electrons. The number of hydrogen-bond donors (Lipinski definition) is 1. The summed E-state index contributed by atoms with van der Waals surface area (Å²) in [6.45, 7) is 3.90. The molecule has 1 amide bonds. The second-order valence-electron chi connectivity index (χ2n) is 5.29. The van der Waals surface area contributed by atoms with Crippen molar-refractivity contribution in [2.24, 2.45) is 0 Å². The van der Waals surface area contributed by atoms with Crippen molar-refractivity contribution in [3.05, 3.63) is 0 Å². The van der Waals surface area contributed by atoms with Gasteiger partial charge in [0.1, 0.15) is 0 Å². The van der Waals surface area contributed by atoms with Crippen molar-refractivity contribution in [1.82, 2.24) is 10.2 Å². The van der Waals surface area contributed by atoms with Crippen molar-refractivity contribution in [2.75, 3.05) is 20.2 Å². The zero-order valence-electron chi connectivity index (χ0n) is 10.9. The van der Waals surface area contributed by atoms with Crippen LogP contribution < -0.4 is 5.32 Å². The van der Waals surface area contributed by atoms with E-state index in [0.29, 0.717) is 12.5 Å². The molecule has 2 heterocycles. The number of piperidine rings is 1. The van der Waals surface area contributed by atoms with Crippen molar-refractivity contribution in [3.8, 4) is 0 Å². The molecule has 0 saturated carbocycles. The van der Waals surface area contributed by atoms with Crippen LogP contribution in [0.25, 0.3) is 0 Å². The highest BCUT2D eigenvalue weighted by Gasteiger charge is 2.31. The van der Waals surface area contributed by atoms with Crippen LogP contribution >= 0.6 is 0 Å². The molecule has 17 heavy (non-hydrogen) atoms. The molecule has 3 atom stereocenters. The van der Waals surface area contributed by atoms with Gasteiger partial charge in [0.25, 0.3) is 0 Å². The lowest BCUT2D eigenvalue weighted by Crippen LogP contribution is -2.44. The van der Waals surface area contributed by atoms with Crippen molar-refractivity contribution in [1.29, 1.82) is 0 Å². The van der Waals surface area contributed by atoms with Crippen LogP contribution in [-0.4, -0.2) is 49.2 Å². The molecule has 1 N–H and O–H groups in total. The van der Waals surface area contributed by atoms with Crippen LogP contribution in [0.5, 0.6) is 0 Å². The molecule has 0 aromatic heterocycles. The van der Waals surface area contributed by atoms with E-state index in [1.807, 2.05) is 11.9 Å². The Bertz CT molecular complexity index is 264. The Labute approximate surface area is 104 Å². The summed E-state index contributed by atoms with van der Waals surface area (Å²) in [6.07, 6.45) is 5.42. The molecule has 4 heteroatoms. The third-order valence-electron chi connectivity index (χ3n) is 4.06. The first-order valence-corrected chi connectivity index (χ1v) is 6.79. The number of nitrogens with one attached hydrogen (secondary N) is 1. The first kappa shape index (κ1) is 12.8. The molecule has 0 radical (unpaired) electrons. The minimum absolute atomic E-state index is 0.184. The summed E-state index contributed by atoms with van der Waals surface area (Å²) in [5.41, 5.74) is 0. The highest BCUT2D eigenvalue weighted by Crippen LogP contribution is 2.20. The van der Waals surface area contributed by atoms with Crippen molar-refractivity contribution >= 4 is 5.91 Å². The fourth-order valence-corrected chi connectivity index (χ4v) is 2.87. The molecule has 2 fully saturated rings. The molecule has 2 saturated heterocycles. The maximum Gasteiger partial charge on any atom is 0.224 e. The smallest absolute Gasteiger partial charge is 0.224 e. The fraction of sp³-hybridized carbons (Fsp3) is 0.923. The van der Waals surface area contributed by atoms with Crippen LogP contribution in [0.3, 0.4) is 0 Å². The van der Waals surface area contributed by atoms with E-state index in [1.54, 1.807) is 0 Å². The Morgan fingerprint density at radius 1 is 1.41 bits per heavy atom. The van der Waals surface area contributed by atoms with Gasteiger partial charge in [-0.2, -0.15) is 0 Å². The summed E-state index contributed by atoms with van der Waals surface area (Å²) in [6, 6.07) is 0.655. The van der Waals surface area contributed by atoms with Gasteiger partial charge >= 0.3 is 0 Å². The molecule has 2 aliphatic rings. The number of carbonyl (C=O) groups excluding carboxylic acids is 1. The van der Waals surface area contributed by atoms with Gasteiger partial charge in [-0.15, -0.1) is 0 Å². The highest BCUT2D eigenvalue weighted by molar-refractivity contribution is 5.77. The molecule has 3 unspecified atom stereocenters. The predicted octanol–water partition coefficient (Wildman–Crippen LogP) is 1.15. The SMILES string of the molecule is CC1OCCC1N(C)C(=O)CC1CCCCN1. The van der Waals surface area contributed by atoms with Gasteiger partial charge < -0.3 is 15.0 Å². The molecule has 2 aliphatic heterocycles. The minimum Gasteiger partial charge on any atom is -0.376 e. The average Bonchev–Trinajstić information content (AvgIpc) is 2.76. The summed E-state index contributed by atoms with van der Waals surface area (Å²) in [5.74, 6) is 0.256. The van der Waals surface area contributed by atoms with E-state index < -0.39 is 0 Å². The van der Waals surface area contributed by atoms with E-state index in [-0.39, 0.29) is 18.1 Å². The Morgan fingerprint density at radius 3 is 2.82 bits per heavy atom. The summed E-state index contributed by atoms with van der Waals surface area (Å²) >= 11 is 0. The van der Waals surface area contributed by atoms with Crippen LogP contribution in [0, 0.1) is 0 Å². The Kier molecular flexibility index (Phi) is 4.40. The largest absolute Gasteiger partial charge is 0.376 e. The number of carbonyl (C=O) groups is 1. The summed E-state index contributed by atoms with van der Waals surface area (Å²) in [5, 5.41) is 3.43. The lowest BCUT2D eigenvalue weighted by atomic mass is 10.0. The molecule has 0 aromatic rings. The maximum absolute atomic E-state index is 12.2. The second-order valence-corrected chi connectivity index (χ2v) is 5.29. The Hall–Kier alpha value is -0.610. The standard InChI is InChI=1S/C13H24N2O2/c1-10-12(6-8-17-10)15(2)13(16)9-11-5-3-4-7-14-11/h10-12,14H,3-9H2,1-2H3. The van der Waals surface area contributed by atoms with Crippen LogP contribution in [0.4, 0.5) is 0 Å². The third-order valence-corrected chi connectivity index (χ3v) is 4.06. The number of hydrogen-bond acceptors (Lipinski definition) is 3. The first-order valence-electron chi connectivity index (χ1n) is 6.79. The van der Waals surface area contributed by atoms with E-state index in [0.717, 1.165) is 26.0 Å². The van der Waals surface area contributed by atoms with Crippen LogP contribution in [0.15, 0.2) is 0 Å². The lowest BCUT2D eigenvalue weighted by Gasteiger charge is -2.30. The molecule has 2 rings (SSSR count). The number of likely N-dealkylation sites (N-methyl/N-ethyl adjacent to an activating group) is 1. The normalized spacial score (nSPS) is 33.6. The maximum atomic E-state index is 12.2. The van der Waals surface area contributed by atoms with Gasteiger partial charge in [-0.05, 0) is 32.7 Å². The molecule has 4 nitrogen and oxygen atoms in total. The van der Waals surface area contributed by atoms with Gasteiger partial charge in [-0.1, -0.05) is 6.42 Å². The monoisotopic (exact) mass is 240 g/mol. The van der Waals surface area contributed by atoms with Gasteiger partial charge in [0.2, 0.25) is 5.91 Å². The van der Waals surface area contributed by atoms with Gasteiger partial charge in [-0.25, -0.2) is 0 Å². The number of amides is 1. The molecular formula is C13H24N2O2. The lowest BCUT2D eigenvalue weighted by molar-refractivity contribution is -0.133. The van der Waals surface area contributed by atoms with Crippen molar-refractivity contribution in [2.45, 2.75) is 57.2 Å². The van der Waals surface area contributed by atoms with Crippen molar-refractivity contribution in [3.63, 3.8) is 0 Å². The summed E-state index contributed by atoms with van der Waals surface area (Å²) in [7, 11) is 1.92. The van der Waals surface area contributed by atoms with Crippen LogP contribution in [0.2, 0.25) is 0 Å². The topological polar surface area (TPSA) is 41.6 Å². The van der Waals surface area contributed by atoms with E-state index in [4.69, 9.17) is 4.74 Å². The summed E-state index contributed by atoms with van der Waals surface area (Å²) < 4.78 is 5.52. The number of rotatable bonds is 3. The van der Waals surface area contributed by atoms with Gasteiger partial charge in [0.15, 0.2) is 0 Å². The quantitative estimate of drug-likeness (QED) is 0.804. The first-order chi connectivity index (χ1) is 8.18. The molecule has 0 spiro atoms. The van der Waals surface area contributed by atoms with Gasteiger partial charge in [0, 0.05) is 26.1 Å². The zero-order chi connectivity index (χ0) is 12.3. The average molecular weight is 240 g/mol. The minimum atomic E-state index is 0.184. The second kappa shape index (κ2) is 5.83. The van der Waals surface area contributed by atoms with E-state index in [1.165, 1.54) is 12.8 Å². The fourth-order valence-electron chi connectivity index (χ4n) is 2.87. The molecular weight excluding hydrogens is 216 g/mol. The predicted molar refractivity (Wildman–Crippen MR) is 66.8 cm³/mol. The van der Waals surface area contributed by atoms with Crippen molar-refractivity contribution < 1.29 is 9.53 Å². The molecule has 0 aromatic carbocycles. The van der Waals surface area contributed by atoms with Gasteiger partial charge in [-0.3, -0.25) is 4.79 Å². The van der Waals surface area contributed by atoms with Gasteiger partial charge in [0.05, 0.1) is 12.1 Å². The third kappa shape index (κ3) is 3.19. The summed E-state index contributed by atoms with van der Waals surface area (Å²) in [4.78, 5) is 14.1. The molecule has 0 aliphatic carbocycles. The van der Waals surface area contributed by atoms with Crippen LogP contribution in [0.1, 0.15) is 39.0 Å². The Balaban J connectivity index is 1.81. The number of nitrogens with zero attached hydrogens (tertiary/aromatic N) is 1. The van der Waals surface area contributed by atoms with E-state index in [2.05, 4.69) is 12.2 Å². The highest BCUT2D eigenvalue weighted by atomic mass is 16.5. The van der Waals surface area contributed by atoms with E-state index >= 15 is 0 Å².